The molecule has 19 heavy (non-hydrogen) atoms. The van der Waals surface area contributed by atoms with Crippen LogP contribution in [0.4, 0.5) is 10.7 Å². The van der Waals surface area contributed by atoms with Gasteiger partial charge in [-0.15, -0.1) is 0 Å². The molecule has 0 aromatic carbocycles. The highest BCUT2D eigenvalue weighted by Gasteiger charge is 2.31. The molecular weight excluding hydrogens is 244 g/mol. The van der Waals surface area contributed by atoms with Gasteiger partial charge in [-0.2, -0.15) is 0 Å². The van der Waals surface area contributed by atoms with Gasteiger partial charge < -0.3 is 15.4 Å². The van der Waals surface area contributed by atoms with Crippen molar-refractivity contribution in [2.45, 2.75) is 38.7 Å². The van der Waals surface area contributed by atoms with Crippen LogP contribution in [0.2, 0.25) is 0 Å². The molecule has 1 saturated heterocycles. The second kappa shape index (κ2) is 5.03. The molecule has 1 amide bonds. The summed E-state index contributed by atoms with van der Waals surface area (Å²) in [4.78, 5) is 21.8. The maximum atomic E-state index is 12.0. The van der Waals surface area contributed by atoms with E-state index >= 15 is 0 Å². The number of likely N-dealkylation sites (tertiary alicyclic amines) is 1. The lowest BCUT2D eigenvalue weighted by Crippen LogP contribution is -2.35. The molecule has 2 heterocycles. The summed E-state index contributed by atoms with van der Waals surface area (Å²) in [5.41, 5.74) is 6.00. The molecule has 1 aromatic rings. The summed E-state index contributed by atoms with van der Waals surface area (Å²) >= 11 is 0. The van der Waals surface area contributed by atoms with Gasteiger partial charge in [-0.25, -0.2) is 14.8 Å². The Kier molecular flexibility index (Phi) is 3.59. The van der Waals surface area contributed by atoms with Crippen LogP contribution in [0.1, 0.15) is 38.8 Å². The summed E-state index contributed by atoms with van der Waals surface area (Å²) in [6.45, 7) is 6.89. The van der Waals surface area contributed by atoms with Gasteiger partial charge in [0.1, 0.15) is 5.60 Å². The van der Waals surface area contributed by atoms with Gasteiger partial charge in [0.2, 0.25) is 5.95 Å². The van der Waals surface area contributed by atoms with E-state index in [0.717, 1.165) is 12.1 Å². The summed E-state index contributed by atoms with van der Waals surface area (Å²) in [6, 6.07) is 1.85. The van der Waals surface area contributed by atoms with Gasteiger partial charge >= 0.3 is 6.09 Å². The lowest BCUT2D eigenvalue weighted by molar-refractivity contribution is 0.0292. The van der Waals surface area contributed by atoms with E-state index in [9.17, 15) is 4.79 Å². The molecule has 0 saturated carbocycles. The molecule has 2 rings (SSSR count). The first-order valence-electron chi connectivity index (χ1n) is 6.41. The van der Waals surface area contributed by atoms with Crippen molar-refractivity contribution >= 4 is 12.0 Å². The molecule has 1 aromatic heterocycles. The van der Waals surface area contributed by atoms with Crippen molar-refractivity contribution < 1.29 is 9.53 Å². The summed E-state index contributed by atoms with van der Waals surface area (Å²) in [5.74, 6) is 0.478. The lowest BCUT2D eigenvalue weighted by Gasteiger charge is -2.24. The first-order chi connectivity index (χ1) is 8.85. The van der Waals surface area contributed by atoms with Gasteiger partial charge in [-0.1, -0.05) is 0 Å². The van der Waals surface area contributed by atoms with Crippen LogP contribution >= 0.6 is 0 Å². The van der Waals surface area contributed by atoms with E-state index in [-0.39, 0.29) is 18.0 Å². The zero-order chi connectivity index (χ0) is 14.0. The molecule has 2 N–H and O–H groups in total. The number of amides is 1. The van der Waals surface area contributed by atoms with Crippen LogP contribution in [0, 0.1) is 0 Å². The Hall–Kier alpha value is -1.85. The van der Waals surface area contributed by atoms with Crippen molar-refractivity contribution in [2.75, 3.05) is 18.8 Å². The average Bonchev–Trinajstić information content (AvgIpc) is 2.75. The highest BCUT2D eigenvalue weighted by Crippen LogP contribution is 2.27. The smallest absolute Gasteiger partial charge is 0.410 e. The number of hydrogen-bond donors (Lipinski definition) is 1. The van der Waals surface area contributed by atoms with E-state index in [2.05, 4.69) is 9.97 Å². The van der Waals surface area contributed by atoms with Crippen molar-refractivity contribution in [3.63, 3.8) is 0 Å². The second-order valence-electron chi connectivity index (χ2n) is 5.75. The predicted octanol–water partition coefficient (Wildman–Crippen LogP) is 1.78. The van der Waals surface area contributed by atoms with E-state index < -0.39 is 5.60 Å². The van der Waals surface area contributed by atoms with Crippen molar-refractivity contribution in [2.24, 2.45) is 0 Å². The van der Waals surface area contributed by atoms with Crippen LogP contribution in [0.25, 0.3) is 0 Å². The van der Waals surface area contributed by atoms with Gasteiger partial charge in [-0.05, 0) is 33.3 Å². The van der Waals surface area contributed by atoms with Crippen molar-refractivity contribution in [1.29, 1.82) is 0 Å². The Morgan fingerprint density at radius 2 is 2.26 bits per heavy atom. The number of anilines is 1. The predicted molar refractivity (Wildman–Crippen MR) is 71.6 cm³/mol. The fraction of sp³-hybridized carbons (Fsp3) is 0.615. The number of nitrogens with two attached hydrogens (primary N) is 1. The molecule has 1 unspecified atom stereocenters. The third kappa shape index (κ3) is 3.56. The quantitative estimate of drug-likeness (QED) is 0.836. The lowest BCUT2D eigenvalue weighted by atomic mass is 10.1. The Morgan fingerprint density at radius 3 is 2.89 bits per heavy atom. The zero-order valence-electron chi connectivity index (χ0n) is 11.6. The third-order valence-electron chi connectivity index (χ3n) is 2.95. The largest absolute Gasteiger partial charge is 0.444 e. The SMILES string of the molecule is CC(C)(C)OC(=O)N1CCC(c2ccnc(N)n2)C1. The van der Waals surface area contributed by atoms with Gasteiger partial charge in [0.25, 0.3) is 0 Å². The maximum Gasteiger partial charge on any atom is 0.410 e. The molecule has 0 aliphatic carbocycles. The number of aromatic nitrogens is 2. The topological polar surface area (TPSA) is 81.3 Å². The highest BCUT2D eigenvalue weighted by molar-refractivity contribution is 5.68. The standard InChI is InChI=1S/C13H20N4O2/c1-13(2,3)19-12(18)17-7-5-9(8-17)10-4-6-15-11(14)16-10/h4,6,9H,5,7-8H2,1-3H3,(H2,14,15,16). The van der Waals surface area contributed by atoms with Gasteiger partial charge in [-0.3, -0.25) is 0 Å². The van der Waals surface area contributed by atoms with E-state index in [1.54, 1.807) is 11.1 Å². The Morgan fingerprint density at radius 1 is 1.53 bits per heavy atom. The maximum absolute atomic E-state index is 12.0. The van der Waals surface area contributed by atoms with E-state index in [1.807, 2.05) is 26.8 Å². The van der Waals surface area contributed by atoms with Crippen LogP contribution in [0.5, 0.6) is 0 Å². The fourth-order valence-corrected chi connectivity index (χ4v) is 2.11. The molecule has 0 bridgehead atoms. The Balaban J connectivity index is 1.98. The minimum atomic E-state index is -0.464. The molecule has 0 radical (unpaired) electrons. The number of rotatable bonds is 1. The van der Waals surface area contributed by atoms with Crippen LogP contribution < -0.4 is 5.73 Å². The molecule has 104 valence electrons. The van der Waals surface area contributed by atoms with Crippen LogP contribution in [0.3, 0.4) is 0 Å². The first-order valence-corrected chi connectivity index (χ1v) is 6.41. The van der Waals surface area contributed by atoms with Gasteiger partial charge in [0, 0.05) is 25.2 Å². The monoisotopic (exact) mass is 264 g/mol. The minimum absolute atomic E-state index is 0.206. The summed E-state index contributed by atoms with van der Waals surface area (Å²) in [7, 11) is 0. The molecule has 1 aliphatic rings. The summed E-state index contributed by atoms with van der Waals surface area (Å²) < 4.78 is 5.36. The molecule has 1 aliphatic heterocycles. The van der Waals surface area contributed by atoms with E-state index in [4.69, 9.17) is 10.5 Å². The van der Waals surface area contributed by atoms with Crippen molar-refractivity contribution in [3.8, 4) is 0 Å². The summed E-state index contributed by atoms with van der Waals surface area (Å²) in [5, 5.41) is 0. The molecule has 6 heteroatoms. The number of nitrogen functional groups attached to an aromatic ring is 1. The van der Waals surface area contributed by atoms with Gasteiger partial charge in [0.15, 0.2) is 0 Å². The van der Waals surface area contributed by atoms with Crippen LogP contribution in [-0.2, 0) is 4.74 Å². The van der Waals surface area contributed by atoms with Crippen LogP contribution in [0.15, 0.2) is 12.3 Å². The summed E-state index contributed by atoms with van der Waals surface area (Å²) in [6.07, 6.45) is 2.25. The fourth-order valence-electron chi connectivity index (χ4n) is 2.11. The molecule has 6 nitrogen and oxygen atoms in total. The third-order valence-corrected chi connectivity index (χ3v) is 2.95. The minimum Gasteiger partial charge on any atom is -0.444 e. The average molecular weight is 264 g/mol. The number of ether oxygens (including phenoxy) is 1. The molecule has 0 spiro atoms. The van der Waals surface area contributed by atoms with Crippen molar-refractivity contribution in [3.05, 3.63) is 18.0 Å². The number of carbonyl (C=O) groups excluding carboxylic acids is 1. The number of hydrogen-bond acceptors (Lipinski definition) is 5. The molecule has 1 atom stereocenters. The Labute approximate surface area is 113 Å². The molecule has 1 fully saturated rings. The van der Waals surface area contributed by atoms with Crippen LogP contribution in [-0.4, -0.2) is 39.7 Å². The zero-order valence-corrected chi connectivity index (χ0v) is 11.6. The second-order valence-corrected chi connectivity index (χ2v) is 5.75. The molecular formula is C13H20N4O2. The number of carbonyl (C=O) groups is 1. The van der Waals surface area contributed by atoms with E-state index in [0.29, 0.717) is 13.1 Å². The number of nitrogens with zero attached hydrogens (tertiary/aromatic N) is 3. The Bertz CT molecular complexity index is 470. The van der Waals surface area contributed by atoms with E-state index in [1.165, 1.54) is 0 Å². The van der Waals surface area contributed by atoms with Crippen molar-refractivity contribution in [1.82, 2.24) is 14.9 Å². The van der Waals surface area contributed by atoms with Gasteiger partial charge in [0.05, 0.1) is 5.69 Å². The normalized spacial score (nSPS) is 19.5. The highest BCUT2D eigenvalue weighted by atomic mass is 16.6. The first kappa shape index (κ1) is 13.6.